The van der Waals surface area contributed by atoms with Crippen LogP contribution in [0.25, 0.3) is 0 Å². The van der Waals surface area contributed by atoms with Crippen molar-refractivity contribution in [1.82, 2.24) is 10.3 Å². The maximum absolute atomic E-state index is 13.6. The van der Waals surface area contributed by atoms with Crippen LogP contribution in [0.2, 0.25) is 0 Å². The molecule has 0 radical (unpaired) electrons. The molecule has 25 heavy (non-hydrogen) atoms. The molecule has 3 amide bonds. The van der Waals surface area contributed by atoms with Crippen LogP contribution in [-0.4, -0.2) is 16.9 Å². The summed E-state index contributed by atoms with van der Waals surface area (Å²) in [6.45, 7) is 2.52. The first kappa shape index (κ1) is 17.0. The standard InChI is InChI=1S/C18H17F2N3O2/c1-3-18(12-7-5-4-6-8-12)15(24)23(16(25)22-18)14-9-13(10-21-11-14)17(2,19)20/h4-11H,3H2,1-2H3,(H,22,25). The van der Waals surface area contributed by atoms with Gasteiger partial charge in [-0.05, 0) is 18.1 Å². The second-order valence-corrected chi connectivity index (χ2v) is 6.02. The Bertz CT molecular complexity index is 821. The summed E-state index contributed by atoms with van der Waals surface area (Å²) in [5, 5.41) is 2.71. The van der Waals surface area contributed by atoms with Crippen LogP contribution < -0.4 is 10.2 Å². The van der Waals surface area contributed by atoms with Crippen molar-refractivity contribution in [2.75, 3.05) is 4.90 Å². The predicted octanol–water partition coefficient (Wildman–Crippen LogP) is 3.56. The first-order chi connectivity index (χ1) is 11.8. The third kappa shape index (κ3) is 2.75. The molecule has 130 valence electrons. The van der Waals surface area contributed by atoms with E-state index in [1.165, 1.54) is 6.20 Å². The molecule has 1 N–H and O–H groups in total. The topological polar surface area (TPSA) is 62.3 Å². The molecule has 1 aliphatic rings. The highest BCUT2D eigenvalue weighted by molar-refractivity contribution is 6.23. The van der Waals surface area contributed by atoms with E-state index in [1.807, 2.05) is 6.07 Å². The second kappa shape index (κ2) is 5.91. The quantitative estimate of drug-likeness (QED) is 0.862. The lowest BCUT2D eigenvalue weighted by atomic mass is 9.87. The van der Waals surface area contributed by atoms with Gasteiger partial charge in [0.25, 0.3) is 11.8 Å². The fourth-order valence-corrected chi connectivity index (χ4v) is 2.96. The van der Waals surface area contributed by atoms with E-state index in [-0.39, 0.29) is 11.3 Å². The van der Waals surface area contributed by atoms with Crippen molar-refractivity contribution in [2.45, 2.75) is 31.7 Å². The van der Waals surface area contributed by atoms with Crippen LogP contribution in [0, 0.1) is 0 Å². The largest absolute Gasteiger partial charge is 0.330 e. The molecule has 7 heteroatoms. The van der Waals surface area contributed by atoms with E-state index in [9.17, 15) is 18.4 Å². The minimum absolute atomic E-state index is 0.0211. The van der Waals surface area contributed by atoms with Crippen LogP contribution in [-0.2, 0) is 16.3 Å². The number of rotatable bonds is 4. The van der Waals surface area contributed by atoms with Gasteiger partial charge in [0.2, 0.25) is 0 Å². The highest BCUT2D eigenvalue weighted by Crippen LogP contribution is 2.36. The number of carbonyl (C=O) groups is 2. The Kier molecular flexibility index (Phi) is 4.02. The normalized spacial score (nSPS) is 20.7. The molecule has 1 saturated heterocycles. The van der Waals surface area contributed by atoms with Crippen molar-refractivity contribution in [1.29, 1.82) is 0 Å². The van der Waals surface area contributed by atoms with Gasteiger partial charge in [-0.3, -0.25) is 9.78 Å². The van der Waals surface area contributed by atoms with Crippen molar-refractivity contribution in [3.63, 3.8) is 0 Å². The molecular formula is C18H17F2N3O2. The van der Waals surface area contributed by atoms with E-state index in [2.05, 4.69) is 10.3 Å². The van der Waals surface area contributed by atoms with E-state index < -0.39 is 23.4 Å². The summed E-state index contributed by atoms with van der Waals surface area (Å²) in [5.41, 5.74) is -0.918. The van der Waals surface area contributed by atoms with Crippen molar-refractivity contribution < 1.29 is 18.4 Å². The first-order valence-electron chi connectivity index (χ1n) is 7.85. The Morgan fingerprint density at radius 1 is 1.20 bits per heavy atom. The summed E-state index contributed by atoms with van der Waals surface area (Å²) in [6, 6.07) is 9.31. The Morgan fingerprint density at radius 2 is 1.88 bits per heavy atom. The van der Waals surface area contributed by atoms with Crippen LogP contribution >= 0.6 is 0 Å². The minimum atomic E-state index is -3.12. The number of nitrogens with zero attached hydrogens (tertiary/aromatic N) is 2. The van der Waals surface area contributed by atoms with Crippen molar-refractivity contribution in [3.8, 4) is 0 Å². The summed E-state index contributed by atoms with van der Waals surface area (Å²) in [5.74, 6) is -3.63. The third-order valence-electron chi connectivity index (χ3n) is 4.38. The Labute approximate surface area is 143 Å². The molecule has 1 unspecified atom stereocenters. The van der Waals surface area contributed by atoms with E-state index >= 15 is 0 Å². The molecule has 1 aromatic carbocycles. The lowest BCUT2D eigenvalue weighted by molar-refractivity contribution is -0.122. The number of anilines is 1. The Morgan fingerprint density at radius 3 is 2.48 bits per heavy atom. The smallest absolute Gasteiger partial charge is 0.319 e. The highest BCUT2D eigenvalue weighted by Gasteiger charge is 2.52. The van der Waals surface area contributed by atoms with Gasteiger partial charge in [-0.15, -0.1) is 0 Å². The van der Waals surface area contributed by atoms with E-state index in [4.69, 9.17) is 0 Å². The summed E-state index contributed by atoms with van der Waals surface area (Å²) >= 11 is 0. The number of imide groups is 1. The lowest BCUT2D eigenvalue weighted by Gasteiger charge is -2.25. The molecule has 2 heterocycles. The SMILES string of the molecule is CCC1(c2ccccc2)NC(=O)N(c2cncc(C(C)(F)F)c2)C1=O. The molecule has 5 nitrogen and oxygen atoms in total. The van der Waals surface area contributed by atoms with Gasteiger partial charge in [0, 0.05) is 18.7 Å². The van der Waals surface area contributed by atoms with Crippen molar-refractivity contribution in [2.24, 2.45) is 0 Å². The number of nitrogens with one attached hydrogen (secondary N) is 1. The number of benzene rings is 1. The van der Waals surface area contributed by atoms with Crippen molar-refractivity contribution in [3.05, 3.63) is 59.9 Å². The van der Waals surface area contributed by atoms with Crippen LogP contribution in [0.15, 0.2) is 48.8 Å². The van der Waals surface area contributed by atoms with Gasteiger partial charge in [0.1, 0.15) is 5.54 Å². The minimum Gasteiger partial charge on any atom is -0.319 e. The number of hydrogen-bond acceptors (Lipinski definition) is 3. The maximum Gasteiger partial charge on any atom is 0.330 e. The van der Waals surface area contributed by atoms with Gasteiger partial charge < -0.3 is 5.32 Å². The Balaban J connectivity index is 2.05. The monoisotopic (exact) mass is 345 g/mol. The number of halogens is 2. The molecule has 2 aromatic rings. The number of carbonyl (C=O) groups excluding carboxylic acids is 2. The number of aromatic nitrogens is 1. The lowest BCUT2D eigenvalue weighted by Crippen LogP contribution is -2.43. The molecule has 0 spiro atoms. The molecule has 0 aliphatic carbocycles. The number of urea groups is 1. The highest BCUT2D eigenvalue weighted by atomic mass is 19.3. The van der Waals surface area contributed by atoms with Crippen LogP contribution in [0.1, 0.15) is 31.4 Å². The fourth-order valence-electron chi connectivity index (χ4n) is 2.96. The Hall–Kier alpha value is -2.83. The summed E-state index contributed by atoms with van der Waals surface area (Å²) in [6.07, 6.45) is 2.57. The molecule has 1 atom stereocenters. The molecule has 1 aromatic heterocycles. The van der Waals surface area contributed by atoms with Crippen LogP contribution in [0.3, 0.4) is 0 Å². The summed E-state index contributed by atoms with van der Waals surface area (Å²) in [4.78, 5) is 30.2. The van der Waals surface area contributed by atoms with Crippen LogP contribution in [0.5, 0.6) is 0 Å². The molecule has 3 rings (SSSR count). The van der Waals surface area contributed by atoms with Gasteiger partial charge >= 0.3 is 6.03 Å². The van der Waals surface area contributed by atoms with E-state index in [0.717, 1.165) is 24.1 Å². The zero-order chi connectivity index (χ0) is 18.2. The zero-order valence-corrected chi connectivity index (χ0v) is 13.8. The average Bonchev–Trinajstić information content (AvgIpc) is 2.86. The van der Waals surface area contributed by atoms with Gasteiger partial charge in [-0.25, -0.2) is 18.5 Å². The number of amides is 3. The fraction of sp³-hybridized carbons (Fsp3) is 0.278. The maximum atomic E-state index is 13.6. The predicted molar refractivity (Wildman–Crippen MR) is 88.2 cm³/mol. The molecule has 0 bridgehead atoms. The van der Waals surface area contributed by atoms with Gasteiger partial charge in [-0.1, -0.05) is 37.3 Å². The van der Waals surface area contributed by atoms with E-state index in [1.54, 1.807) is 31.2 Å². The number of pyridine rings is 1. The summed E-state index contributed by atoms with van der Waals surface area (Å²) < 4.78 is 27.1. The second-order valence-electron chi connectivity index (χ2n) is 6.02. The van der Waals surface area contributed by atoms with Crippen LogP contribution in [0.4, 0.5) is 19.3 Å². The van der Waals surface area contributed by atoms with Gasteiger partial charge in [-0.2, -0.15) is 0 Å². The molecule has 1 aliphatic heterocycles. The van der Waals surface area contributed by atoms with Crippen molar-refractivity contribution >= 4 is 17.6 Å². The number of alkyl halides is 2. The summed E-state index contributed by atoms with van der Waals surface area (Å²) in [7, 11) is 0. The zero-order valence-electron chi connectivity index (χ0n) is 13.8. The molecule has 0 saturated carbocycles. The first-order valence-corrected chi connectivity index (χ1v) is 7.85. The van der Waals surface area contributed by atoms with Gasteiger partial charge in [0.15, 0.2) is 0 Å². The average molecular weight is 345 g/mol. The molecule has 1 fully saturated rings. The van der Waals surface area contributed by atoms with E-state index in [0.29, 0.717) is 12.0 Å². The third-order valence-corrected chi connectivity index (χ3v) is 4.38. The molecular weight excluding hydrogens is 328 g/mol. The number of hydrogen-bond donors (Lipinski definition) is 1. The van der Waals surface area contributed by atoms with Gasteiger partial charge in [0.05, 0.1) is 11.9 Å².